The summed E-state index contributed by atoms with van der Waals surface area (Å²) in [6.07, 6.45) is -6.30. The molecule has 0 spiro atoms. The van der Waals surface area contributed by atoms with Crippen molar-refractivity contribution in [2.24, 2.45) is 0 Å². The highest BCUT2D eigenvalue weighted by Gasteiger charge is 2.56. The van der Waals surface area contributed by atoms with Crippen molar-refractivity contribution in [1.82, 2.24) is 0 Å². The topological polar surface area (TPSA) is 46.5 Å². The van der Waals surface area contributed by atoms with E-state index in [0.29, 0.717) is 15.8 Å². The number of alkyl halides is 3. The van der Waals surface area contributed by atoms with Crippen LogP contribution in [0.5, 0.6) is 5.75 Å². The van der Waals surface area contributed by atoms with Crippen molar-refractivity contribution in [2.45, 2.75) is 37.5 Å². The highest BCUT2D eigenvalue weighted by Crippen LogP contribution is 2.43. The van der Waals surface area contributed by atoms with Crippen LogP contribution in [0.15, 0.2) is 22.7 Å². The van der Waals surface area contributed by atoms with Gasteiger partial charge in [0, 0.05) is 16.5 Å². The van der Waals surface area contributed by atoms with Crippen LogP contribution in [0.25, 0.3) is 0 Å². The lowest BCUT2D eigenvalue weighted by molar-refractivity contribution is -0.250. The standard InChI is InChI=1S/C14H16BrF3O3/c1-12(2,7-13(20,8-19)14(16,17)18)10-6-9(15)4-5-11(10)21-3/h4-6,8,20H,7H2,1-3H3. The third-order valence-electron chi connectivity index (χ3n) is 3.29. The Bertz CT molecular complexity index is 529. The van der Waals surface area contributed by atoms with Gasteiger partial charge in [0.2, 0.25) is 5.60 Å². The molecule has 0 saturated carbocycles. The Morgan fingerprint density at radius 3 is 2.33 bits per heavy atom. The van der Waals surface area contributed by atoms with Gasteiger partial charge in [0.25, 0.3) is 0 Å². The fourth-order valence-electron chi connectivity index (χ4n) is 2.19. The van der Waals surface area contributed by atoms with Crippen molar-refractivity contribution in [3.05, 3.63) is 28.2 Å². The summed E-state index contributed by atoms with van der Waals surface area (Å²) in [6.45, 7) is 3.02. The van der Waals surface area contributed by atoms with Crippen LogP contribution in [-0.4, -0.2) is 30.3 Å². The van der Waals surface area contributed by atoms with E-state index in [1.165, 1.54) is 21.0 Å². The Balaban J connectivity index is 3.29. The Labute approximate surface area is 129 Å². The van der Waals surface area contributed by atoms with E-state index in [1.54, 1.807) is 18.2 Å². The number of carbonyl (C=O) groups excluding carboxylic acids is 1. The van der Waals surface area contributed by atoms with E-state index in [2.05, 4.69) is 15.9 Å². The summed E-state index contributed by atoms with van der Waals surface area (Å²) in [4.78, 5) is 10.8. The molecule has 0 saturated heterocycles. The molecule has 118 valence electrons. The third kappa shape index (κ3) is 3.77. The zero-order valence-corrected chi connectivity index (χ0v) is 13.4. The lowest BCUT2D eigenvalue weighted by Gasteiger charge is -2.35. The first-order valence-electron chi connectivity index (χ1n) is 6.06. The minimum absolute atomic E-state index is 0.388. The van der Waals surface area contributed by atoms with E-state index in [9.17, 15) is 23.1 Å². The third-order valence-corrected chi connectivity index (χ3v) is 3.78. The largest absolute Gasteiger partial charge is 0.496 e. The maximum atomic E-state index is 12.9. The maximum Gasteiger partial charge on any atom is 0.424 e. The van der Waals surface area contributed by atoms with Crippen LogP contribution < -0.4 is 4.74 Å². The van der Waals surface area contributed by atoms with E-state index in [-0.39, 0.29) is 0 Å². The molecule has 1 aromatic carbocycles. The van der Waals surface area contributed by atoms with E-state index in [4.69, 9.17) is 4.74 Å². The second-order valence-corrected chi connectivity index (χ2v) is 6.36. The molecule has 0 amide bonds. The molecule has 1 unspecified atom stereocenters. The molecule has 0 aliphatic heterocycles. The minimum atomic E-state index is -5.04. The Kier molecular flexibility index (Phi) is 5.10. The number of halogens is 4. The molecule has 1 N–H and O–H groups in total. The van der Waals surface area contributed by atoms with E-state index >= 15 is 0 Å². The second-order valence-electron chi connectivity index (χ2n) is 5.45. The normalized spacial score (nSPS) is 15.4. The Morgan fingerprint density at radius 2 is 1.90 bits per heavy atom. The zero-order valence-electron chi connectivity index (χ0n) is 11.8. The molecule has 21 heavy (non-hydrogen) atoms. The molecule has 0 bridgehead atoms. The van der Waals surface area contributed by atoms with Crippen LogP contribution in [0.2, 0.25) is 0 Å². The predicted octanol–water partition coefficient (Wildman–Crippen LogP) is 3.62. The van der Waals surface area contributed by atoms with Gasteiger partial charge in [-0.15, -0.1) is 0 Å². The Morgan fingerprint density at radius 1 is 1.33 bits per heavy atom. The van der Waals surface area contributed by atoms with Crippen LogP contribution in [0.4, 0.5) is 13.2 Å². The van der Waals surface area contributed by atoms with Gasteiger partial charge in [0.1, 0.15) is 5.75 Å². The highest BCUT2D eigenvalue weighted by atomic mass is 79.9. The molecule has 7 heteroatoms. The smallest absolute Gasteiger partial charge is 0.424 e. The summed E-state index contributed by atoms with van der Waals surface area (Å²) < 4.78 is 44.5. The van der Waals surface area contributed by atoms with Gasteiger partial charge in [-0.2, -0.15) is 13.2 Å². The van der Waals surface area contributed by atoms with Crippen molar-refractivity contribution in [2.75, 3.05) is 7.11 Å². The molecule has 1 rings (SSSR count). The van der Waals surface area contributed by atoms with Gasteiger partial charge >= 0.3 is 6.18 Å². The van der Waals surface area contributed by atoms with Crippen molar-refractivity contribution in [3.63, 3.8) is 0 Å². The lowest BCUT2D eigenvalue weighted by atomic mass is 9.75. The number of ether oxygens (including phenoxy) is 1. The van der Waals surface area contributed by atoms with Crippen molar-refractivity contribution < 1.29 is 27.8 Å². The SMILES string of the molecule is COc1ccc(Br)cc1C(C)(C)CC(O)(C=O)C(F)(F)F. The van der Waals surface area contributed by atoms with Crippen LogP contribution in [0, 0.1) is 0 Å². The average molecular weight is 369 g/mol. The molecular formula is C14H16BrF3O3. The second kappa shape index (κ2) is 5.96. The molecule has 1 aromatic rings. The number of aliphatic hydroxyl groups is 1. The van der Waals surface area contributed by atoms with Crippen LogP contribution in [-0.2, 0) is 10.2 Å². The summed E-state index contributed by atoms with van der Waals surface area (Å²) >= 11 is 3.24. The van der Waals surface area contributed by atoms with Crippen LogP contribution in [0.3, 0.4) is 0 Å². The molecular weight excluding hydrogens is 353 g/mol. The number of aldehydes is 1. The summed E-state index contributed by atoms with van der Waals surface area (Å²) in [5.41, 5.74) is -4.08. The Hall–Kier alpha value is -1.08. The summed E-state index contributed by atoms with van der Waals surface area (Å²) in [7, 11) is 1.40. The molecule has 0 radical (unpaired) electrons. The van der Waals surface area contributed by atoms with Gasteiger partial charge in [-0.05, 0) is 23.6 Å². The van der Waals surface area contributed by atoms with Crippen LogP contribution >= 0.6 is 15.9 Å². The molecule has 1 atom stereocenters. The first-order valence-corrected chi connectivity index (χ1v) is 6.85. The molecule has 0 aromatic heterocycles. The lowest BCUT2D eigenvalue weighted by Crippen LogP contribution is -2.50. The maximum absolute atomic E-state index is 12.9. The van der Waals surface area contributed by atoms with Crippen molar-refractivity contribution in [3.8, 4) is 5.75 Å². The van der Waals surface area contributed by atoms with Crippen LogP contribution in [0.1, 0.15) is 25.8 Å². The quantitative estimate of drug-likeness (QED) is 0.807. The predicted molar refractivity (Wildman–Crippen MR) is 75.4 cm³/mol. The van der Waals surface area contributed by atoms with Crippen molar-refractivity contribution in [1.29, 1.82) is 0 Å². The van der Waals surface area contributed by atoms with E-state index < -0.39 is 29.9 Å². The summed E-state index contributed by atoms with van der Waals surface area (Å²) in [6, 6.07) is 4.91. The first-order chi connectivity index (χ1) is 9.47. The monoisotopic (exact) mass is 368 g/mol. The number of methoxy groups -OCH3 is 1. The van der Waals surface area contributed by atoms with Gasteiger partial charge in [-0.25, -0.2) is 0 Å². The van der Waals surface area contributed by atoms with Gasteiger partial charge < -0.3 is 9.84 Å². The summed E-state index contributed by atoms with van der Waals surface area (Å²) in [5.74, 6) is 0.388. The number of rotatable bonds is 5. The number of hydrogen-bond acceptors (Lipinski definition) is 3. The van der Waals surface area contributed by atoms with Gasteiger partial charge in [0.15, 0.2) is 6.29 Å². The average Bonchev–Trinajstić information content (AvgIpc) is 2.36. The number of carbonyl (C=O) groups is 1. The number of benzene rings is 1. The zero-order chi connectivity index (χ0) is 16.5. The first kappa shape index (κ1) is 18.0. The van der Waals surface area contributed by atoms with Crippen molar-refractivity contribution >= 4 is 22.2 Å². The molecule has 3 nitrogen and oxygen atoms in total. The fraction of sp³-hybridized carbons (Fsp3) is 0.500. The molecule has 0 aliphatic carbocycles. The molecule has 0 fully saturated rings. The van der Waals surface area contributed by atoms with Gasteiger partial charge in [0.05, 0.1) is 7.11 Å². The van der Waals surface area contributed by atoms with E-state index in [0.717, 1.165) is 0 Å². The van der Waals surface area contributed by atoms with Gasteiger partial charge in [-0.3, -0.25) is 4.79 Å². The van der Waals surface area contributed by atoms with E-state index in [1.807, 2.05) is 0 Å². The summed E-state index contributed by atoms with van der Waals surface area (Å²) in [5, 5.41) is 9.64. The minimum Gasteiger partial charge on any atom is -0.496 e. The van der Waals surface area contributed by atoms with Gasteiger partial charge in [-0.1, -0.05) is 29.8 Å². The highest BCUT2D eigenvalue weighted by molar-refractivity contribution is 9.10. The molecule has 0 aliphatic rings. The molecule has 0 heterocycles. The fourth-order valence-corrected chi connectivity index (χ4v) is 2.55. The number of hydrogen-bond donors (Lipinski definition) is 1.